The van der Waals surface area contributed by atoms with Gasteiger partial charge in [-0.25, -0.2) is 0 Å². The molecule has 4 unspecified atom stereocenters. The normalized spacial score (nSPS) is 25.6. The van der Waals surface area contributed by atoms with E-state index < -0.39 is 0 Å². The minimum atomic E-state index is 0.141. The number of hydrogen-bond acceptors (Lipinski definition) is 5. The summed E-state index contributed by atoms with van der Waals surface area (Å²) >= 11 is 1.89. The fraction of sp³-hybridized carbons (Fsp3) is 0.778. The van der Waals surface area contributed by atoms with Crippen LogP contribution in [0.1, 0.15) is 54.8 Å². The van der Waals surface area contributed by atoms with Crippen LogP contribution in [0.15, 0.2) is 6.07 Å². The Morgan fingerprint density at radius 2 is 2.13 bits per heavy atom. The summed E-state index contributed by atoms with van der Waals surface area (Å²) in [5, 5.41) is 16.1. The van der Waals surface area contributed by atoms with E-state index in [9.17, 15) is 5.11 Å². The van der Waals surface area contributed by atoms with Crippen LogP contribution in [-0.4, -0.2) is 43.4 Å². The summed E-state index contributed by atoms with van der Waals surface area (Å²) in [5.41, 5.74) is 7.64. The summed E-state index contributed by atoms with van der Waals surface area (Å²) in [7, 11) is 1.95. The van der Waals surface area contributed by atoms with Crippen LogP contribution in [0.3, 0.4) is 0 Å². The molecule has 0 spiro atoms. The van der Waals surface area contributed by atoms with Crippen molar-refractivity contribution in [2.45, 2.75) is 71.0 Å². The Morgan fingerprint density at radius 1 is 1.43 bits per heavy atom. The molecule has 4 nitrogen and oxygen atoms in total. The zero-order chi connectivity index (χ0) is 17.4. The predicted molar refractivity (Wildman–Crippen MR) is 101 cm³/mol. The molecule has 0 aliphatic carbocycles. The molecule has 0 bridgehead atoms. The molecule has 2 heterocycles. The van der Waals surface area contributed by atoms with Gasteiger partial charge in [0.15, 0.2) is 0 Å². The number of thiophene rings is 1. The van der Waals surface area contributed by atoms with Gasteiger partial charge in [0, 0.05) is 41.0 Å². The molecule has 1 aliphatic rings. The van der Waals surface area contributed by atoms with Gasteiger partial charge in [0.05, 0.1) is 0 Å². The first-order valence-corrected chi connectivity index (χ1v) is 9.73. The molecule has 2 rings (SSSR count). The molecule has 0 radical (unpaired) electrons. The van der Waals surface area contributed by atoms with Crippen LogP contribution < -0.4 is 16.4 Å². The van der Waals surface area contributed by atoms with Gasteiger partial charge in [-0.2, -0.15) is 0 Å². The van der Waals surface area contributed by atoms with Gasteiger partial charge in [-0.05, 0) is 57.7 Å². The lowest BCUT2D eigenvalue weighted by atomic mass is 9.83. The molecule has 5 N–H and O–H groups in total. The van der Waals surface area contributed by atoms with E-state index in [1.165, 1.54) is 15.3 Å². The summed E-state index contributed by atoms with van der Waals surface area (Å²) in [4.78, 5) is 2.81. The summed E-state index contributed by atoms with van der Waals surface area (Å²) in [6, 6.07) is 3.23. The summed E-state index contributed by atoms with van der Waals surface area (Å²) in [6.45, 7) is 9.47. The molecule has 5 heteroatoms. The molecule has 1 saturated heterocycles. The highest BCUT2D eigenvalue weighted by Crippen LogP contribution is 2.38. The quantitative estimate of drug-likeness (QED) is 0.641. The first kappa shape index (κ1) is 20.6. The molecule has 0 saturated carbocycles. The summed E-state index contributed by atoms with van der Waals surface area (Å²) < 4.78 is 0. The van der Waals surface area contributed by atoms with Crippen molar-refractivity contribution >= 4 is 11.3 Å². The maximum Gasteiger partial charge on any atom is 0.0471 e. The van der Waals surface area contributed by atoms with E-state index in [1.807, 2.05) is 32.2 Å². The monoisotopic (exact) mass is 341 g/mol. The Morgan fingerprint density at radius 3 is 2.74 bits per heavy atom. The minimum Gasteiger partial charge on any atom is -0.396 e. The third-order valence-electron chi connectivity index (χ3n) is 4.35. The lowest BCUT2D eigenvalue weighted by Crippen LogP contribution is -2.55. The van der Waals surface area contributed by atoms with Crippen LogP contribution in [0.25, 0.3) is 0 Å². The number of aryl methyl sites for hydroxylation is 1. The second kappa shape index (κ2) is 10.4. The van der Waals surface area contributed by atoms with Gasteiger partial charge in [-0.15, -0.1) is 11.3 Å². The van der Waals surface area contributed by atoms with Gasteiger partial charge in [0.25, 0.3) is 0 Å². The van der Waals surface area contributed by atoms with Crippen molar-refractivity contribution in [2.24, 2.45) is 5.73 Å². The number of aliphatic hydroxyl groups excluding tert-OH is 1. The van der Waals surface area contributed by atoms with Gasteiger partial charge in [0.2, 0.25) is 0 Å². The predicted octanol–water partition coefficient (Wildman–Crippen LogP) is 2.39. The fourth-order valence-electron chi connectivity index (χ4n) is 3.47. The SMILES string of the molecule is CC.CNCC(N)C1CC(c2sc(C)cc2CCO)CC(C)N1. The number of rotatable bonds is 6. The maximum absolute atomic E-state index is 9.28. The molecule has 1 aliphatic heterocycles. The van der Waals surface area contributed by atoms with Crippen LogP contribution in [0.2, 0.25) is 0 Å². The molecule has 1 aromatic rings. The first-order valence-electron chi connectivity index (χ1n) is 8.91. The van der Waals surface area contributed by atoms with E-state index in [1.54, 1.807) is 0 Å². The molecule has 0 aromatic carbocycles. The second-order valence-corrected chi connectivity index (χ2v) is 7.57. The molecule has 1 fully saturated rings. The highest BCUT2D eigenvalue weighted by molar-refractivity contribution is 7.12. The van der Waals surface area contributed by atoms with Gasteiger partial charge >= 0.3 is 0 Å². The van der Waals surface area contributed by atoms with Crippen molar-refractivity contribution in [3.63, 3.8) is 0 Å². The van der Waals surface area contributed by atoms with Crippen molar-refractivity contribution in [1.29, 1.82) is 0 Å². The molecule has 23 heavy (non-hydrogen) atoms. The minimum absolute atomic E-state index is 0.141. The van der Waals surface area contributed by atoms with Gasteiger partial charge in [-0.1, -0.05) is 13.8 Å². The van der Waals surface area contributed by atoms with E-state index >= 15 is 0 Å². The van der Waals surface area contributed by atoms with Crippen LogP contribution in [0.5, 0.6) is 0 Å². The summed E-state index contributed by atoms with van der Waals surface area (Å²) in [6.07, 6.45) is 3.01. The number of piperidine rings is 1. The Balaban J connectivity index is 0.00000127. The highest BCUT2D eigenvalue weighted by atomic mass is 32.1. The van der Waals surface area contributed by atoms with E-state index in [0.717, 1.165) is 25.8 Å². The lowest BCUT2D eigenvalue weighted by molar-refractivity contribution is 0.268. The molecular weight excluding hydrogens is 306 g/mol. The molecule has 4 atom stereocenters. The van der Waals surface area contributed by atoms with Crippen molar-refractivity contribution in [3.05, 3.63) is 21.4 Å². The Labute approximate surface area is 145 Å². The Bertz CT molecular complexity index is 449. The zero-order valence-corrected chi connectivity index (χ0v) is 16.2. The topological polar surface area (TPSA) is 70.3 Å². The third-order valence-corrected chi connectivity index (χ3v) is 5.60. The number of hydrogen-bond donors (Lipinski definition) is 4. The Hall–Kier alpha value is -0.460. The van der Waals surface area contributed by atoms with E-state index in [0.29, 0.717) is 18.0 Å². The van der Waals surface area contributed by atoms with Crippen LogP contribution >= 0.6 is 11.3 Å². The molecule has 134 valence electrons. The van der Waals surface area contributed by atoms with E-state index in [-0.39, 0.29) is 12.6 Å². The second-order valence-electron chi connectivity index (χ2n) is 6.28. The van der Waals surface area contributed by atoms with Crippen LogP contribution in [-0.2, 0) is 6.42 Å². The zero-order valence-electron chi connectivity index (χ0n) is 15.4. The number of aliphatic hydroxyl groups is 1. The Kier molecular flexibility index (Phi) is 9.32. The van der Waals surface area contributed by atoms with Crippen molar-refractivity contribution in [3.8, 4) is 0 Å². The molecule has 0 amide bonds. The average Bonchev–Trinajstić information content (AvgIpc) is 2.90. The van der Waals surface area contributed by atoms with Gasteiger partial charge in [0.1, 0.15) is 0 Å². The largest absolute Gasteiger partial charge is 0.396 e. The van der Waals surface area contributed by atoms with Gasteiger partial charge in [-0.3, -0.25) is 0 Å². The number of nitrogens with two attached hydrogens (primary N) is 1. The first-order chi connectivity index (χ1) is 11.0. The third kappa shape index (κ3) is 5.84. The standard InChI is InChI=1S/C16H29N3OS.C2H6/c1-10-6-13(8-15(19-10)14(17)9-18-3)16-12(4-5-20)7-11(2)21-16;1-2/h7,10,13-15,18-20H,4-6,8-9,17H2,1-3H3;1-2H3. The summed E-state index contributed by atoms with van der Waals surface area (Å²) in [5.74, 6) is 0.564. The van der Waals surface area contributed by atoms with Crippen LogP contribution in [0.4, 0.5) is 0 Å². The average molecular weight is 342 g/mol. The number of nitrogens with one attached hydrogen (secondary N) is 2. The highest BCUT2D eigenvalue weighted by Gasteiger charge is 2.32. The van der Waals surface area contributed by atoms with Crippen molar-refractivity contribution in [2.75, 3.05) is 20.2 Å². The van der Waals surface area contributed by atoms with E-state index in [2.05, 4.69) is 30.5 Å². The lowest BCUT2D eigenvalue weighted by Gasteiger charge is -2.38. The maximum atomic E-state index is 9.28. The molecular formula is C18H35N3OS. The molecule has 1 aromatic heterocycles. The number of likely N-dealkylation sites (N-methyl/N-ethyl adjacent to an activating group) is 1. The van der Waals surface area contributed by atoms with E-state index in [4.69, 9.17) is 5.73 Å². The van der Waals surface area contributed by atoms with Crippen molar-refractivity contribution in [1.82, 2.24) is 10.6 Å². The fourth-order valence-corrected chi connectivity index (χ4v) is 4.67. The smallest absolute Gasteiger partial charge is 0.0471 e. The van der Waals surface area contributed by atoms with Crippen LogP contribution in [0, 0.1) is 6.92 Å². The van der Waals surface area contributed by atoms with Gasteiger partial charge < -0.3 is 21.5 Å². The van der Waals surface area contributed by atoms with Crippen molar-refractivity contribution < 1.29 is 5.11 Å².